The van der Waals surface area contributed by atoms with Crippen LogP contribution in [0.5, 0.6) is 5.75 Å². The first-order valence-electron chi connectivity index (χ1n) is 7.06. The molecule has 0 saturated carbocycles. The zero-order valence-electron chi connectivity index (χ0n) is 12.8. The largest absolute Gasteiger partial charge is 0.481 e. The van der Waals surface area contributed by atoms with Gasteiger partial charge in [0.05, 0.1) is 10.6 Å². The number of halogens is 1. The molecule has 2 amide bonds. The molecule has 2 aromatic rings. The fourth-order valence-electron chi connectivity index (χ4n) is 1.87. The molecule has 120 valence electrons. The van der Waals surface area contributed by atoms with E-state index >= 15 is 0 Å². The Morgan fingerprint density at radius 1 is 1.04 bits per heavy atom. The fraction of sp³-hybridized carbons (Fsp3) is 0.176. The van der Waals surface area contributed by atoms with Gasteiger partial charge in [-0.1, -0.05) is 41.9 Å². The van der Waals surface area contributed by atoms with E-state index in [-0.39, 0.29) is 5.56 Å². The summed E-state index contributed by atoms with van der Waals surface area (Å²) in [6.45, 7) is 3.49. The standard InChI is InChI=1S/C17H17ClN2O3/c1-11-7-3-6-10-15(11)23-12(2)16(21)19-20-17(22)13-8-4-5-9-14(13)18/h3-10,12H,1-2H3,(H,19,21)(H,20,22). The number of rotatable bonds is 4. The molecule has 0 spiro atoms. The monoisotopic (exact) mass is 332 g/mol. The lowest BCUT2D eigenvalue weighted by atomic mass is 10.2. The van der Waals surface area contributed by atoms with Crippen LogP contribution >= 0.6 is 11.6 Å². The van der Waals surface area contributed by atoms with E-state index in [0.29, 0.717) is 10.8 Å². The molecule has 0 saturated heterocycles. The second-order valence-corrected chi connectivity index (χ2v) is 5.36. The Kier molecular flexibility index (Phi) is 5.60. The Morgan fingerprint density at radius 3 is 2.39 bits per heavy atom. The lowest BCUT2D eigenvalue weighted by Gasteiger charge is -2.16. The molecule has 1 atom stereocenters. The highest BCUT2D eigenvalue weighted by molar-refractivity contribution is 6.33. The van der Waals surface area contributed by atoms with Crippen LogP contribution in [0.2, 0.25) is 5.02 Å². The molecule has 2 N–H and O–H groups in total. The minimum absolute atomic E-state index is 0.280. The number of nitrogens with one attached hydrogen (secondary N) is 2. The van der Waals surface area contributed by atoms with Crippen molar-refractivity contribution in [1.29, 1.82) is 0 Å². The van der Waals surface area contributed by atoms with E-state index in [1.165, 1.54) is 0 Å². The maximum atomic E-state index is 12.0. The van der Waals surface area contributed by atoms with E-state index < -0.39 is 17.9 Å². The summed E-state index contributed by atoms with van der Waals surface area (Å²) in [5, 5.41) is 0.309. The maximum absolute atomic E-state index is 12.0. The van der Waals surface area contributed by atoms with Gasteiger partial charge in [-0.3, -0.25) is 20.4 Å². The van der Waals surface area contributed by atoms with E-state index in [1.807, 2.05) is 25.1 Å². The second kappa shape index (κ2) is 7.65. The van der Waals surface area contributed by atoms with Gasteiger partial charge in [0.2, 0.25) is 0 Å². The van der Waals surface area contributed by atoms with Gasteiger partial charge in [0.25, 0.3) is 11.8 Å². The quantitative estimate of drug-likeness (QED) is 0.846. The molecular formula is C17H17ClN2O3. The summed E-state index contributed by atoms with van der Waals surface area (Å²) < 4.78 is 5.58. The molecule has 2 rings (SSSR count). The van der Waals surface area contributed by atoms with Gasteiger partial charge >= 0.3 is 0 Å². The van der Waals surface area contributed by atoms with Crippen molar-refractivity contribution < 1.29 is 14.3 Å². The smallest absolute Gasteiger partial charge is 0.279 e. The molecule has 0 fully saturated rings. The summed E-state index contributed by atoms with van der Waals surface area (Å²) in [7, 11) is 0. The van der Waals surface area contributed by atoms with Crippen LogP contribution in [0.25, 0.3) is 0 Å². The first-order chi connectivity index (χ1) is 11.0. The summed E-state index contributed by atoms with van der Waals surface area (Å²) in [6.07, 6.45) is -0.761. The van der Waals surface area contributed by atoms with Crippen molar-refractivity contribution in [2.24, 2.45) is 0 Å². The number of amides is 2. The van der Waals surface area contributed by atoms with E-state index in [0.717, 1.165) is 5.56 Å². The summed E-state index contributed by atoms with van der Waals surface area (Å²) in [6, 6.07) is 13.9. The highest BCUT2D eigenvalue weighted by atomic mass is 35.5. The second-order valence-electron chi connectivity index (χ2n) is 4.95. The topological polar surface area (TPSA) is 67.4 Å². The lowest BCUT2D eigenvalue weighted by Crippen LogP contribution is -2.47. The van der Waals surface area contributed by atoms with Crippen molar-refractivity contribution in [2.45, 2.75) is 20.0 Å². The Labute approximate surface area is 139 Å². The molecule has 0 aliphatic rings. The first-order valence-corrected chi connectivity index (χ1v) is 7.44. The molecule has 0 aliphatic carbocycles. The number of ether oxygens (including phenoxy) is 1. The predicted octanol–water partition coefficient (Wildman–Crippen LogP) is 2.88. The highest BCUT2D eigenvalue weighted by Gasteiger charge is 2.17. The SMILES string of the molecule is Cc1ccccc1OC(C)C(=O)NNC(=O)c1ccccc1Cl. The summed E-state index contributed by atoms with van der Waals surface area (Å²) >= 11 is 5.92. The van der Waals surface area contributed by atoms with Gasteiger partial charge in [0, 0.05) is 0 Å². The third-order valence-electron chi connectivity index (χ3n) is 3.18. The van der Waals surface area contributed by atoms with Crippen LogP contribution in [0.15, 0.2) is 48.5 Å². The molecule has 0 radical (unpaired) electrons. The van der Waals surface area contributed by atoms with Crippen molar-refractivity contribution in [2.75, 3.05) is 0 Å². The van der Waals surface area contributed by atoms with Crippen molar-refractivity contribution in [3.8, 4) is 5.75 Å². The zero-order valence-corrected chi connectivity index (χ0v) is 13.6. The molecule has 0 heterocycles. The van der Waals surface area contributed by atoms with Gasteiger partial charge in [-0.2, -0.15) is 0 Å². The maximum Gasteiger partial charge on any atom is 0.279 e. The minimum atomic E-state index is -0.761. The Balaban J connectivity index is 1.91. The third kappa shape index (κ3) is 4.47. The molecule has 6 heteroatoms. The number of hydrogen-bond acceptors (Lipinski definition) is 3. The normalized spacial score (nSPS) is 11.4. The average molecular weight is 333 g/mol. The van der Waals surface area contributed by atoms with Crippen LogP contribution < -0.4 is 15.6 Å². The Hall–Kier alpha value is -2.53. The van der Waals surface area contributed by atoms with Crippen LogP contribution in [0.4, 0.5) is 0 Å². The minimum Gasteiger partial charge on any atom is -0.481 e. The van der Waals surface area contributed by atoms with Gasteiger partial charge in [0.1, 0.15) is 5.75 Å². The van der Waals surface area contributed by atoms with Crippen LogP contribution in [0.1, 0.15) is 22.8 Å². The molecule has 0 aromatic heterocycles. The number of para-hydroxylation sites is 1. The number of hydrazine groups is 1. The molecule has 23 heavy (non-hydrogen) atoms. The van der Waals surface area contributed by atoms with Gasteiger partial charge in [-0.25, -0.2) is 0 Å². The number of hydrogen-bond donors (Lipinski definition) is 2. The summed E-state index contributed by atoms with van der Waals surface area (Å²) in [5.41, 5.74) is 5.85. The van der Waals surface area contributed by atoms with E-state index in [9.17, 15) is 9.59 Å². The van der Waals surface area contributed by atoms with Crippen LogP contribution in [-0.2, 0) is 4.79 Å². The summed E-state index contributed by atoms with van der Waals surface area (Å²) in [4.78, 5) is 23.9. The first kappa shape index (κ1) is 16.8. The zero-order chi connectivity index (χ0) is 16.8. The van der Waals surface area contributed by atoms with E-state index in [4.69, 9.17) is 16.3 Å². The van der Waals surface area contributed by atoms with E-state index in [2.05, 4.69) is 10.9 Å². The van der Waals surface area contributed by atoms with Crippen LogP contribution in [0, 0.1) is 6.92 Å². The summed E-state index contributed by atoms with van der Waals surface area (Å²) in [5.74, 6) is -0.340. The van der Waals surface area contributed by atoms with Crippen LogP contribution in [-0.4, -0.2) is 17.9 Å². The van der Waals surface area contributed by atoms with Gasteiger partial charge in [-0.05, 0) is 37.6 Å². The number of aryl methyl sites for hydroxylation is 1. The molecular weight excluding hydrogens is 316 g/mol. The van der Waals surface area contributed by atoms with Crippen molar-refractivity contribution in [3.05, 3.63) is 64.7 Å². The highest BCUT2D eigenvalue weighted by Crippen LogP contribution is 2.17. The Bertz CT molecular complexity index is 718. The number of carbonyl (C=O) groups is 2. The number of benzene rings is 2. The van der Waals surface area contributed by atoms with Crippen molar-refractivity contribution >= 4 is 23.4 Å². The average Bonchev–Trinajstić information content (AvgIpc) is 2.54. The van der Waals surface area contributed by atoms with Gasteiger partial charge < -0.3 is 4.74 Å². The predicted molar refractivity (Wildman–Crippen MR) is 88.3 cm³/mol. The van der Waals surface area contributed by atoms with Gasteiger partial charge in [-0.15, -0.1) is 0 Å². The lowest BCUT2D eigenvalue weighted by molar-refractivity contribution is -0.128. The Morgan fingerprint density at radius 2 is 1.70 bits per heavy atom. The molecule has 0 aliphatic heterocycles. The molecule has 5 nitrogen and oxygen atoms in total. The molecule has 0 bridgehead atoms. The van der Waals surface area contributed by atoms with Crippen molar-refractivity contribution in [1.82, 2.24) is 10.9 Å². The fourth-order valence-corrected chi connectivity index (χ4v) is 2.09. The van der Waals surface area contributed by atoms with Gasteiger partial charge in [0.15, 0.2) is 6.10 Å². The van der Waals surface area contributed by atoms with Crippen molar-refractivity contribution in [3.63, 3.8) is 0 Å². The van der Waals surface area contributed by atoms with E-state index in [1.54, 1.807) is 37.3 Å². The molecule has 1 unspecified atom stereocenters. The van der Waals surface area contributed by atoms with Crippen LogP contribution in [0.3, 0.4) is 0 Å². The molecule has 2 aromatic carbocycles. The third-order valence-corrected chi connectivity index (χ3v) is 3.51. The number of carbonyl (C=O) groups excluding carboxylic acids is 2.